The summed E-state index contributed by atoms with van der Waals surface area (Å²) >= 11 is 0. The van der Waals surface area contributed by atoms with Crippen LogP contribution in [-0.4, -0.2) is 143 Å². The number of carboxylic acid groups (broad SMARTS) is 2. The van der Waals surface area contributed by atoms with Gasteiger partial charge in [-0.1, -0.05) is 0 Å². The zero-order valence-electron chi connectivity index (χ0n) is 15.9. The van der Waals surface area contributed by atoms with E-state index < -0.39 is 84.4 Å². The van der Waals surface area contributed by atoms with E-state index >= 15 is 0 Å². The van der Waals surface area contributed by atoms with Gasteiger partial charge in [0.1, 0.15) is 48.8 Å². The zero-order valence-corrected chi connectivity index (χ0v) is 18.8. The summed E-state index contributed by atoms with van der Waals surface area (Å²) in [6.45, 7) is -1.73. The summed E-state index contributed by atoms with van der Waals surface area (Å²) in [7, 11) is -5.17. The van der Waals surface area contributed by atoms with Crippen LogP contribution < -0.4 is 10.2 Å². The van der Waals surface area contributed by atoms with Gasteiger partial charge in [0.15, 0.2) is 0 Å². The number of carbonyl (C=O) groups is 2. The van der Waals surface area contributed by atoms with Crippen molar-refractivity contribution in [2.24, 2.45) is 0 Å². The average molecular weight is 605 g/mol. The van der Waals surface area contributed by atoms with Crippen LogP contribution in [0.15, 0.2) is 0 Å². The molecule has 10 N–H and O–H groups in total. The summed E-state index contributed by atoms with van der Waals surface area (Å²) in [4.78, 5) is 20.0. The first kappa shape index (κ1) is 42.6. The van der Waals surface area contributed by atoms with Gasteiger partial charge in [0.05, 0.1) is 25.2 Å². The molecule has 33 heavy (non-hydrogen) atoms. The molecule has 21 heteroatoms. The van der Waals surface area contributed by atoms with Crippen molar-refractivity contribution in [3.8, 4) is 0 Å². The Morgan fingerprint density at radius 3 is 0.939 bits per heavy atom. The molecule has 0 aromatic heterocycles. The molecule has 0 saturated carbocycles. The topological polar surface area (TPSA) is 363 Å². The quantitative estimate of drug-likeness (QED) is 0.0628. The van der Waals surface area contributed by atoms with Gasteiger partial charge in [-0.25, -0.2) is 0 Å². The third-order valence-corrected chi connectivity index (χ3v) is 2.99. The number of aliphatic carboxylic acids is 2. The Labute approximate surface area is 206 Å². The molecule has 0 aliphatic rings. The number of hydrogen-bond acceptors (Lipinski definition) is 18. The largest absolute Gasteiger partial charge is 2.00 e. The summed E-state index contributed by atoms with van der Waals surface area (Å²) in [6, 6.07) is 0. The van der Waals surface area contributed by atoms with Crippen molar-refractivity contribution in [3.63, 3.8) is 0 Å². The standard InChI is InChI=1S/2C6H12O7.Cu.Mn.H2O4S/c2*7-1-2(8)3(9)4(10)5(11)6(12)13;;;1-5(2,3)4/h2*2-5,7-11H,1H2,(H,12,13);;;(H2,1,2,3,4)/q;;2*+2;/p-4/t2*2-,3-,4+,5-;;;/m11.../s1. The fourth-order valence-electron chi connectivity index (χ4n) is 1.32. The molecule has 0 spiro atoms. The molecule has 0 aromatic rings. The van der Waals surface area contributed by atoms with Crippen LogP contribution in [0.25, 0.3) is 0 Å². The molecule has 0 aromatic carbocycles. The van der Waals surface area contributed by atoms with Gasteiger partial charge in [-0.2, -0.15) is 0 Å². The van der Waals surface area contributed by atoms with Gasteiger partial charge < -0.3 is 80.0 Å². The van der Waals surface area contributed by atoms with Crippen LogP contribution in [0.1, 0.15) is 0 Å². The molecule has 0 fully saturated rings. The maximum Gasteiger partial charge on any atom is 2.00 e. The summed E-state index contributed by atoms with van der Waals surface area (Å²) in [5.41, 5.74) is 0. The van der Waals surface area contributed by atoms with Crippen molar-refractivity contribution < 1.29 is 123 Å². The summed E-state index contributed by atoms with van der Waals surface area (Å²) in [5.74, 6) is -3.95. The van der Waals surface area contributed by atoms with Crippen molar-refractivity contribution in [1.29, 1.82) is 0 Å². The molecule has 0 aliphatic heterocycles. The number of aliphatic hydroxyl groups is 10. The summed E-state index contributed by atoms with van der Waals surface area (Å²) in [6.07, 6.45) is -16.2. The maximum absolute atomic E-state index is 9.98. The van der Waals surface area contributed by atoms with Crippen molar-refractivity contribution in [3.05, 3.63) is 0 Å². The monoisotopic (exact) mass is 604 g/mol. The van der Waals surface area contributed by atoms with Crippen molar-refractivity contribution >= 4 is 22.3 Å². The fraction of sp³-hybridized carbons (Fsp3) is 0.833. The third-order valence-electron chi connectivity index (χ3n) is 2.99. The average Bonchev–Trinajstić information content (AvgIpc) is 2.67. The summed E-state index contributed by atoms with van der Waals surface area (Å²) in [5, 5.41) is 107. The molecular weight excluding hydrogens is 583 g/mol. The SMILES string of the molecule is O=C([O-])[C@H](O)[C@@H](O)[C@H](O)[C@H](O)CO.O=C([O-])[C@H](O)[C@@H](O)[C@H](O)[C@H](O)CO.O=S(=O)([O-])[O-].[Cu+2].[Mn+2]. The fourth-order valence-corrected chi connectivity index (χ4v) is 1.32. The molecule has 202 valence electrons. The normalized spacial score (nSPS) is 17.8. The first-order valence-corrected chi connectivity index (χ1v) is 8.91. The van der Waals surface area contributed by atoms with E-state index in [0.29, 0.717) is 0 Å². The van der Waals surface area contributed by atoms with E-state index in [4.69, 9.17) is 68.6 Å². The van der Waals surface area contributed by atoms with E-state index in [0.717, 1.165) is 0 Å². The Kier molecular flexibility index (Phi) is 26.8. The van der Waals surface area contributed by atoms with E-state index in [2.05, 4.69) is 0 Å². The van der Waals surface area contributed by atoms with Crippen LogP contribution in [0.2, 0.25) is 0 Å². The number of carbonyl (C=O) groups excluding carboxylic acids is 2. The minimum absolute atomic E-state index is 0. The first-order valence-electron chi connectivity index (χ1n) is 7.58. The van der Waals surface area contributed by atoms with Gasteiger partial charge in [-0.05, 0) is 0 Å². The molecule has 0 bridgehead atoms. The molecule has 0 aliphatic carbocycles. The second-order valence-electron chi connectivity index (χ2n) is 5.40. The van der Waals surface area contributed by atoms with Crippen LogP contribution in [0.5, 0.6) is 0 Å². The molecule has 18 nitrogen and oxygen atoms in total. The van der Waals surface area contributed by atoms with E-state index in [1.165, 1.54) is 0 Å². The van der Waals surface area contributed by atoms with Gasteiger partial charge in [0.25, 0.3) is 0 Å². The maximum atomic E-state index is 9.98. The van der Waals surface area contributed by atoms with Crippen molar-refractivity contribution in [2.45, 2.75) is 48.8 Å². The molecular formula is C12H22CuMnO18S. The Bertz CT molecular complexity index is 576. The molecule has 0 heterocycles. The van der Waals surface area contributed by atoms with Crippen LogP contribution in [0.3, 0.4) is 0 Å². The Balaban J connectivity index is -0.000000125. The Hall–Kier alpha value is -0.551. The second-order valence-corrected chi connectivity index (χ2v) is 6.21. The van der Waals surface area contributed by atoms with E-state index in [1.54, 1.807) is 0 Å². The molecule has 8 atom stereocenters. The van der Waals surface area contributed by atoms with Gasteiger partial charge in [-0.3, -0.25) is 8.42 Å². The minimum Gasteiger partial charge on any atom is -0.759 e. The number of aliphatic hydroxyl groups excluding tert-OH is 10. The van der Waals surface area contributed by atoms with Crippen LogP contribution in [0.4, 0.5) is 0 Å². The number of carboxylic acids is 2. The van der Waals surface area contributed by atoms with E-state index in [1.807, 2.05) is 0 Å². The van der Waals surface area contributed by atoms with Crippen LogP contribution in [-0.2, 0) is 54.1 Å². The van der Waals surface area contributed by atoms with Crippen LogP contribution >= 0.6 is 0 Å². The molecule has 2 radical (unpaired) electrons. The molecule has 0 rings (SSSR count). The Morgan fingerprint density at radius 1 is 0.636 bits per heavy atom. The summed E-state index contributed by atoms with van der Waals surface area (Å²) < 4.78 is 34.1. The number of hydrogen-bond donors (Lipinski definition) is 10. The van der Waals surface area contributed by atoms with Gasteiger partial charge in [0.2, 0.25) is 0 Å². The first-order chi connectivity index (χ1) is 13.8. The predicted octanol–water partition coefficient (Wildman–Crippen LogP) is -11.0. The number of rotatable bonds is 10. The van der Waals surface area contributed by atoms with Gasteiger partial charge in [-0.15, -0.1) is 0 Å². The van der Waals surface area contributed by atoms with Crippen molar-refractivity contribution in [1.82, 2.24) is 0 Å². The van der Waals surface area contributed by atoms with E-state index in [-0.39, 0.29) is 34.1 Å². The molecule has 0 saturated heterocycles. The third kappa shape index (κ3) is 21.7. The minimum atomic E-state index is -5.17. The van der Waals surface area contributed by atoms with E-state index in [9.17, 15) is 19.8 Å². The predicted molar refractivity (Wildman–Crippen MR) is 82.7 cm³/mol. The molecule has 0 unspecified atom stereocenters. The molecule has 0 amide bonds. The van der Waals surface area contributed by atoms with Gasteiger partial charge >= 0.3 is 34.1 Å². The zero-order chi connectivity index (χ0) is 25.7. The Morgan fingerprint density at radius 2 is 0.818 bits per heavy atom. The second kappa shape index (κ2) is 20.8. The smallest absolute Gasteiger partial charge is 0.759 e. The van der Waals surface area contributed by atoms with Crippen LogP contribution in [0, 0.1) is 0 Å². The van der Waals surface area contributed by atoms with Gasteiger partial charge in [0, 0.05) is 10.4 Å². The van der Waals surface area contributed by atoms with Crippen molar-refractivity contribution in [2.75, 3.05) is 13.2 Å².